The molecule has 9 heteroatoms. The molecule has 0 radical (unpaired) electrons. The first-order chi connectivity index (χ1) is 10.3. The first-order valence-corrected chi connectivity index (χ1v) is 7.98. The summed E-state index contributed by atoms with van der Waals surface area (Å²) < 4.78 is 58.2. The first kappa shape index (κ1) is 16.6. The summed E-state index contributed by atoms with van der Waals surface area (Å²) in [6.07, 6.45) is 0.238. The van der Waals surface area contributed by atoms with Crippen LogP contribution in [0, 0.1) is 17.6 Å². The molecule has 122 valence electrons. The van der Waals surface area contributed by atoms with Gasteiger partial charge in [-0.2, -0.15) is 4.31 Å². The van der Waals surface area contributed by atoms with Gasteiger partial charge >= 0.3 is 5.97 Å². The Balaban J connectivity index is 2.37. The lowest BCUT2D eigenvalue weighted by Gasteiger charge is -2.29. The summed E-state index contributed by atoms with van der Waals surface area (Å²) in [6.45, 7) is -0.142. The van der Waals surface area contributed by atoms with E-state index in [-0.39, 0.29) is 25.9 Å². The zero-order valence-corrected chi connectivity index (χ0v) is 12.6. The van der Waals surface area contributed by atoms with Crippen LogP contribution in [0.5, 0.6) is 5.75 Å². The van der Waals surface area contributed by atoms with Crippen LogP contribution in [0.3, 0.4) is 0 Å². The number of benzene rings is 1. The van der Waals surface area contributed by atoms with E-state index in [2.05, 4.69) is 4.74 Å². The second-order valence-corrected chi connectivity index (χ2v) is 6.78. The molecule has 1 saturated heterocycles. The molecule has 1 fully saturated rings. The maximum absolute atomic E-state index is 13.9. The molecule has 1 aromatic carbocycles. The normalized spacial score (nSPS) is 17.4. The van der Waals surface area contributed by atoms with E-state index in [0.29, 0.717) is 0 Å². The second-order valence-electron chi connectivity index (χ2n) is 4.91. The van der Waals surface area contributed by atoms with Crippen LogP contribution in [0.15, 0.2) is 17.0 Å². The average Bonchev–Trinajstić information content (AvgIpc) is 2.49. The number of carboxylic acids is 1. The van der Waals surface area contributed by atoms with Crippen LogP contribution >= 0.6 is 0 Å². The maximum Gasteiger partial charge on any atom is 0.306 e. The van der Waals surface area contributed by atoms with Gasteiger partial charge in [-0.15, -0.1) is 0 Å². The van der Waals surface area contributed by atoms with Gasteiger partial charge in [0.25, 0.3) is 0 Å². The topological polar surface area (TPSA) is 83.9 Å². The van der Waals surface area contributed by atoms with Crippen LogP contribution in [0.1, 0.15) is 12.8 Å². The molecule has 0 unspecified atom stereocenters. The molecule has 1 aromatic rings. The van der Waals surface area contributed by atoms with E-state index in [4.69, 9.17) is 5.11 Å². The second kappa shape index (κ2) is 6.17. The van der Waals surface area contributed by atoms with Crippen LogP contribution < -0.4 is 4.74 Å². The average molecular weight is 335 g/mol. The number of carboxylic acid groups (broad SMARTS) is 1. The number of carbonyl (C=O) groups is 1. The van der Waals surface area contributed by atoms with Crippen molar-refractivity contribution >= 4 is 16.0 Å². The van der Waals surface area contributed by atoms with Crippen molar-refractivity contribution in [3.63, 3.8) is 0 Å². The lowest BCUT2D eigenvalue weighted by Crippen LogP contribution is -2.40. The molecule has 1 aliphatic heterocycles. The highest BCUT2D eigenvalue weighted by Crippen LogP contribution is 2.33. The fourth-order valence-electron chi connectivity index (χ4n) is 2.42. The monoisotopic (exact) mass is 335 g/mol. The molecular weight excluding hydrogens is 320 g/mol. The number of rotatable bonds is 4. The minimum Gasteiger partial charge on any atom is -0.492 e. The molecule has 0 aromatic heterocycles. The number of halogens is 2. The number of nitrogens with zero attached hydrogens (tertiary/aromatic N) is 1. The van der Waals surface area contributed by atoms with E-state index in [1.54, 1.807) is 0 Å². The quantitative estimate of drug-likeness (QED) is 0.900. The van der Waals surface area contributed by atoms with Crippen LogP contribution in [-0.2, 0) is 14.8 Å². The van der Waals surface area contributed by atoms with Gasteiger partial charge in [0.1, 0.15) is 5.82 Å². The molecule has 0 aliphatic carbocycles. The summed E-state index contributed by atoms with van der Waals surface area (Å²) >= 11 is 0. The van der Waals surface area contributed by atoms with Crippen LogP contribution in [-0.4, -0.2) is 44.0 Å². The molecule has 6 nitrogen and oxygen atoms in total. The van der Waals surface area contributed by atoms with E-state index in [9.17, 15) is 22.0 Å². The van der Waals surface area contributed by atoms with E-state index in [1.807, 2.05) is 0 Å². The predicted molar refractivity (Wildman–Crippen MR) is 72.0 cm³/mol. The molecular formula is C13H15F2NO5S. The fourth-order valence-corrected chi connectivity index (χ4v) is 4.10. The van der Waals surface area contributed by atoms with Gasteiger partial charge in [0, 0.05) is 13.1 Å². The van der Waals surface area contributed by atoms with Crippen molar-refractivity contribution in [1.29, 1.82) is 0 Å². The lowest BCUT2D eigenvalue weighted by atomic mass is 9.99. The Hall–Kier alpha value is -1.74. The van der Waals surface area contributed by atoms with Crippen molar-refractivity contribution in [1.82, 2.24) is 4.31 Å². The summed E-state index contributed by atoms with van der Waals surface area (Å²) in [5.41, 5.74) is 0. The largest absolute Gasteiger partial charge is 0.492 e. The third kappa shape index (κ3) is 2.91. The molecule has 22 heavy (non-hydrogen) atoms. The number of aliphatic carboxylic acids is 1. The Labute approximate surface area is 126 Å². The Morgan fingerprint density at radius 2 is 1.82 bits per heavy atom. The van der Waals surface area contributed by atoms with E-state index >= 15 is 0 Å². The molecule has 1 N–H and O–H groups in total. The van der Waals surface area contributed by atoms with Crippen LogP contribution in [0.25, 0.3) is 0 Å². The highest BCUT2D eigenvalue weighted by Gasteiger charge is 2.36. The predicted octanol–water partition coefficient (Wildman–Crippen LogP) is 1.46. The SMILES string of the molecule is COc1c(F)ccc(F)c1S(=O)(=O)N1CCC(C(=O)O)CC1. The molecule has 0 atom stereocenters. The highest BCUT2D eigenvalue weighted by atomic mass is 32.2. The number of ether oxygens (including phenoxy) is 1. The van der Waals surface area contributed by atoms with Crippen molar-refractivity contribution in [2.45, 2.75) is 17.7 Å². The third-order valence-corrected chi connectivity index (χ3v) is 5.56. The molecule has 0 amide bonds. The third-order valence-electron chi connectivity index (χ3n) is 3.62. The van der Waals surface area contributed by atoms with Gasteiger partial charge in [-0.3, -0.25) is 4.79 Å². The molecule has 0 saturated carbocycles. The first-order valence-electron chi connectivity index (χ1n) is 6.54. The molecule has 0 spiro atoms. The molecule has 1 aliphatic rings. The van der Waals surface area contributed by atoms with E-state index in [1.165, 1.54) is 0 Å². The number of sulfonamides is 1. The van der Waals surface area contributed by atoms with Gasteiger partial charge in [0.2, 0.25) is 10.0 Å². The Morgan fingerprint density at radius 1 is 1.27 bits per heavy atom. The van der Waals surface area contributed by atoms with Gasteiger partial charge in [0.05, 0.1) is 13.0 Å². The maximum atomic E-state index is 13.9. The van der Waals surface area contributed by atoms with Crippen molar-refractivity contribution in [2.75, 3.05) is 20.2 Å². The van der Waals surface area contributed by atoms with Gasteiger partial charge in [-0.1, -0.05) is 0 Å². The molecule has 0 bridgehead atoms. The summed E-state index contributed by atoms with van der Waals surface area (Å²) in [5, 5.41) is 8.91. The van der Waals surface area contributed by atoms with Gasteiger partial charge in [0.15, 0.2) is 16.5 Å². The Bertz CT molecular complexity index is 684. The number of hydrogen-bond acceptors (Lipinski definition) is 4. The molecule has 1 heterocycles. The lowest BCUT2D eigenvalue weighted by molar-refractivity contribution is -0.142. The summed E-state index contributed by atoms with van der Waals surface area (Å²) in [7, 11) is -3.26. The zero-order valence-electron chi connectivity index (χ0n) is 11.8. The van der Waals surface area contributed by atoms with Gasteiger partial charge in [-0.25, -0.2) is 17.2 Å². The smallest absolute Gasteiger partial charge is 0.306 e. The standard InChI is InChI=1S/C13H15F2NO5S/c1-21-11-9(14)2-3-10(15)12(11)22(19,20)16-6-4-8(5-7-16)13(17)18/h2-3,8H,4-7H2,1H3,(H,17,18). The summed E-state index contributed by atoms with van der Waals surface area (Å²) in [6, 6.07) is 1.50. The number of methoxy groups -OCH3 is 1. The Morgan fingerprint density at radius 3 is 2.32 bits per heavy atom. The van der Waals surface area contributed by atoms with Crippen LogP contribution in [0.4, 0.5) is 8.78 Å². The van der Waals surface area contributed by atoms with Crippen molar-refractivity contribution in [2.24, 2.45) is 5.92 Å². The minimum absolute atomic E-state index is 0.0710. The fraction of sp³-hybridized carbons (Fsp3) is 0.462. The molecule has 2 rings (SSSR count). The van der Waals surface area contributed by atoms with E-state index < -0.39 is 44.2 Å². The van der Waals surface area contributed by atoms with Gasteiger partial charge < -0.3 is 9.84 Å². The van der Waals surface area contributed by atoms with Crippen molar-refractivity contribution < 1.29 is 31.8 Å². The van der Waals surface area contributed by atoms with Crippen molar-refractivity contribution in [3.05, 3.63) is 23.8 Å². The minimum atomic E-state index is -4.31. The zero-order chi connectivity index (χ0) is 16.5. The summed E-state index contributed by atoms with van der Waals surface area (Å²) in [4.78, 5) is 10.0. The Kier molecular flexibility index (Phi) is 4.66. The van der Waals surface area contributed by atoms with E-state index in [0.717, 1.165) is 23.5 Å². The number of piperidine rings is 1. The van der Waals surface area contributed by atoms with Crippen LogP contribution in [0.2, 0.25) is 0 Å². The van der Waals surface area contributed by atoms with Crippen molar-refractivity contribution in [3.8, 4) is 5.75 Å². The van der Waals surface area contributed by atoms with Gasteiger partial charge in [-0.05, 0) is 25.0 Å². The number of hydrogen-bond donors (Lipinski definition) is 1. The summed E-state index contributed by atoms with van der Waals surface area (Å²) in [5.74, 6) is -4.40. The highest BCUT2D eigenvalue weighted by molar-refractivity contribution is 7.89.